The van der Waals surface area contributed by atoms with E-state index >= 15 is 0 Å². The number of benzene rings is 2. The molecular formula is C22H20F3N3O2. The average molecular weight is 415 g/mol. The van der Waals surface area contributed by atoms with Crippen molar-refractivity contribution < 1.29 is 22.4 Å². The molecule has 4 rings (SSSR count). The first kappa shape index (κ1) is 20.2. The van der Waals surface area contributed by atoms with Gasteiger partial charge in [-0.2, -0.15) is 0 Å². The molecule has 0 unspecified atom stereocenters. The fourth-order valence-corrected chi connectivity index (χ4v) is 3.51. The maximum absolute atomic E-state index is 13.7. The Kier molecular flexibility index (Phi) is 5.85. The Morgan fingerprint density at radius 1 is 1.07 bits per heavy atom. The molecule has 0 bridgehead atoms. The van der Waals surface area contributed by atoms with Crippen molar-refractivity contribution in [3.05, 3.63) is 77.4 Å². The molecule has 0 aliphatic carbocycles. The van der Waals surface area contributed by atoms with Crippen LogP contribution in [0.15, 0.2) is 53.1 Å². The highest BCUT2D eigenvalue weighted by molar-refractivity contribution is 5.94. The molecule has 5 nitrogen and oxygen atoms in total. The number of hydrogen-bond acceptors (Lipinski definition) is 4. The molecule has 1 saturated heterocycles. The van der Waals surface area contributed by atoms with Crippen molar-refractivity contribution in [2.75, 3.05) is 13.1 Å². The number of rotatable bonds is 5. The second-order valence-electron chi connectivity index (χ2n) is 7.28. The molecular weight excluding hydrogens is 395 g/mol. The highest BCUT2D eigenvalue weighted by Gasteiger charge is 2.23. The predicted octanol–water partition coefficient (Wildman–Crippen LogP) is 4.15. The highest BCUT2D eigenvalue weighted by Crippen LogP contribution is 2.22. The number of nitrogens with one attached hydrogen (secondary N) is 1. The predicted molar refractivity (Wildman–Crippen MR) is 104 cm³/mol. The molecule has 1 aliphatic heterocycles. The monoisotopic (exact) mass is 415 g/mol. The van der Waals surface area contributed by atoms with Crippen molar-refractivity contribution >= 4 is 5.91 Å². The maximum atomic E-state index is 13.7. The summed E-state index contributed by atoms with van der Waals surface area (Å²) >= 11 is 0. The van der Waals surface area contributed by atoms with Crippen molar-refractivity contribution in [1.82, 2.24) is 15.2 Å². The summed E-state index contributed by atoms with van der Waals surface area (Å²) in [5.74, 6) is -2.58. The quantitative estimate of drug-likeness (QED) is 0.680. The minimum Gasteiger partial charge on any atom is -0.444 e. The van der Waals surface area contributed by atoms with Crippen molar-refractivity contribution in [1.29, 1.82) is 0 Å². The van der Waals surface area contributed by atoms with Crippen LogP contribution in [0.1, 0.15) is 28.9 Å². The molecule has 0 radical (unpaired) electrons. The van der Waals surface area contributed by atoms with Gasteiger partial charge in [-0.25, -0.2) is 18.2 Å². The fraction of sp³-hybridized carbons (Fsp3) is 0.273. The van der Waals surface area contributed by atoms with E-state index < -0.39 is 23.4 Å². The van der Waals surface area contributed by atoms with Crippen LogP contribution in [0.25, 0.3) is 11.5 Å². The summed E-state index contributed by atoms with van der Waals surface area (Å²) in [6.45, 7) is 2.01. The van der Waals surface area contributed by atoms with E-state index in [1.54, 1.807) is 12.1 Å². The normalized spacial score (nSPS) is 15.3. The van der Waals surface area contributed by atoms with Gasteiger partial charge in [0.15, 0.2) is 11.6 Å². The minimum absolute atomic E-state index is 0.0246. The van der Waals surface area contributed by atoms with E-state index in [1.807, 2.05) is 0 Å². The smallest absolute Gasteiger partial charge is 0.254 e. The standard InChI is InChI=1S/C22H20F3N3O2/c23-18-4-2-1-3-17(18)21(29)26-15-7-9-28(10-8-15)12-16-13-30-22(27-16)14-5-6-19(24)20(25)11-14/h1-6,11,13,15H,7-10,12H2,(H,26,29). The van der Waals surface area contributed by atoms with Gasteiger partial charge < -0.3 is 9.73 Å². The molecule has 1 N–H and O–H groups in total. The average Bonchev–Trinajstić information content (AvgIpc) is 3.20. The van der Waals surface area contributed by atoms with Crippen LogP contribution in [0.5, 0.6) is 0 Å². The lowest BCUT2D eigenvalue weighted by atomic mass is 10.0. The number of carbonyl (C=O) groups excluding carboxylic acids is 1. The molecule has 2 aromatic carbocycles. The molecule has 3 aromatic rings. The van der Waals surface area contributed by atoms with Crippen LogP contribution in [-0.4, -0.2) is 34.9 Å². The number of likely N-dealkylation sites (tertiary alicyclic amines) is 1. The number of carbonyl (C=O) groups is 1. The number of oxazole rings is 1. The lowest BCUT2D eigenvalue weighted by molar-refractivity contribution is 0.0904. The number of nitrogens with zero attached hydrogens (tertiary/aromatic N) is 2. The van der Waals surface area contributed by atoms with Crippen LogP contribution in [0, 0.1) is 17.5 Å². The van der Waals surface area contributed by atoms with Gasteiger partial charge in [-0.1, -0.05) is 12.1 Å². The number of hydrogen-bond donors (Lipinski definition) is 1. The zero-order valence-corrected chi connectivity index (χ0v) is 16.1. The molecule has 1 fully saturated rings. The zero-order chi connectivity index (χ0) is 21.1. The van der Waals surface area contributed by atoms with Crippen LogP contribution >= 0.6 is 0 Å². The topological polar surface area (TPSA) is 58.4 Å². The first-order chi connectivity index (χ1) is 14.5. The van der Waals surface area contributed by atoms with E-state index in [1.165, 1.54) is 24.5 Å². The van der Waals surface area contributed by atoms with Crippen molar-refractivity contribution in [3.63, 3.8) is 0 Å². The molecule has 1 aromatic heterocycles. The maximum Gasteiger partial charge on any atom is 0.254 e. The third-order valence-corrected chi connectivity index (χ3v) is 5.15. The van der Waals surface area contributed by atoms with Gasteiger partial charge in [0.05, 0.1) is 11.3 Å². The number of piperidine rings is 1. The summed E-state index contributed by atoms with van der Waals surface area (Å²) < 4.78 is 45.6. The summed E-state index contributed by atoms with van der Waals surface area (Å²) in [6.07, 6.45) is 2.96. The number of halogens is 3. The van der Waals surface area contributed by atoms with Gasteiger partial charge in [0.25, 0.3) is 5.91 Å². The second-order valence-corrected chi connectivity index (χ2v) is 7.28. The van der Waals surface area contributed by atoms with E-state index in [-0.39, 0.29) is 17.5 Å². The van der Waals surface area contributed by atoms with Gasteiger partial charge in [-0.05, 0) is 43.2 Å². The summed E-state index contributed by atoms with van der Waals surface area (Å²) in [6, 6.07) is 9.39. The van der Waals surface area contributed by atoms with Crippen molar-refractivity contribution in [2.45, 2.75) is 25.4 Å². The van der Waals surface area contributed by atoms with Gasteiger partial charge in [0.2, 0.25) is 5.89 Å². The Bertz CT molecular complexity index is 1050. The van der Waals surface area contributed by atoms with Crippen LogP contribution in [0.4, 0.5) is 13.2 Å². The van der Waals surface area contributed by atoms with Crippen LogP contribution in [-0.2, 0) is 6.54 Å². The Morgan fingerprint density at radius 3 is 2.57 bits per heavy atom. The lowest BCUT2D eigenvalue weighted by Gasteiger charge is -2.31. The molecule has 30 heavy (non-hydrogen) atoms. The molecule has 0 saturated carbocycles. The van der Waals surface area contributed by atoms with E-state index in [0.717, 1.165) is 38.1 Å². The second kappa shape index (κ2) is 8.71. The molecule has 156 valence electrons. The Hall–Kier alpha value is -3.13. The molecule has 0 spiro atoms. The van der Waals surface area contributed by atoms with Crippen LogP contribution in [0.3, 0.4) is 0 Å². The highest BCUT2D eigenvalue weighted by atomic mass is 19.2. The fourth-order valence-electron chi connectivity index (χ4n) is 3.51. The largest absolute Gasteiger partial charge is 0.444 e. The van der Waals surface area contributed by atoms with Crippen molar-refractivity contribution in [2.24, 2.45) is 0 Å². The van der Waals surface area contributed by atoms with Gasteiger partial charge in [0.1, 0.15) is 12.1 Å². The van der Waals surface area contributed by atoms with Crippen LogP contribution < -0.4 is 5.32 Å². The first-order valence-electron chi connectivity index (χ1n) is 9.67. The number of amides is 1. The minimum atomic E-state index is -0.952. The molecule has 1 amide bonds. The lowest BCUT2D eigenvalue weighted by Crippen LogP contribution is -2.44. The molecule has 0 atom stereocenters. The van der Waals surface area contributed by atoms with Crippen LogP contribution in [0.2, 0.25) is 0 Å². The van der Waals surface area contributed by atoms with Gasteiger partial charge >= 0.3 is 0 Å². The first-order valence-corrected chi connectivity index (χ1v) is 9.67. The SMILES string of the molecule is O=C(NC1CCN(Cc2coc(-c3ccc(F)c(F)c3)n2)CC1)c1ccccc1F. The Morgan fingerprint density at radius 2 is 1.83 bits per heavy atom. The third-order valence-electron chi connectivity index (χ3n) is 5.15. The molecule has 8 heteroatoms. The van der Waals surface area contributed by atoms with E-state index in [4.69, 9.17) is 4.42 Å². The van der Waals surface area contributed by atoms with E-state index in [9.17, 15) is 18.0 Å². The summed E-state index contributed by atoms with van der Waals surface area (Å²) in [4.78, 5) is 18.8. The summed E-state index contributed by atoms with van der Waals surface area (Å²) in [7, 11) is 0. The Balaban J connectivity index is 1.30. The van der Waals surface area contributed by atoms with Gasteiger partial charge in [-0.3, -0.25) is 9.69 Å². The van der Waals surface area contributed by atoms with E-state index in [2.05, 4.69) is 15.2 Å². The summed E-state index contributed by atoms with van der Waals surface area (Å²) in [5, 5.41) is 2.89. The number of aromatic nitrogens is 1. The molecule has 1 aliphatic rings. The third kappa shape index (κ3) is 4.54. The van der Waals surface area contributed by atoms with Gasteiger partial charge in [-0.15, -0.1) is 0 Å². The summed E-state index contributed by atoms with van der Waals surface area (Å²) in [5.41, 5.74) is 1.10. The van der Waals surface area contributed by atoms with Crippen molar-refractivity contribution in [3.8, 4) is 11.5 Å². The zero-order valence-electron chi connectivity index (χ0n) is 16.1. The molecule has 2 heterocycles. The Labute approximate surface area is 171 Å². The van der Waals surface area contributed by atoms with E-state index in [0.29, 0.717) is 17.8 Å². The van der Waals surface area contributed by atoms with Gasteiger partial charge in [0, 0.05) is 31.2 Å².